The number of aromatic nitrogens is 1. The topological polar surface area (TPSA) is 13.1 Å². The first kappa shape index (κ1) is 14.2. The van der Waals surface area contributed by atoms with Crippen LogP contribution in [0.1, 0.15) is 5.56 Å². The van der Waals surface area contributed by atoms with Crippen LogP contribution < -0.4 is 8.99 Å². The van der Waals surface area contributed by atoms with Crippen LogP contribution in [0.2, 0.25) is 11.6 Å². The molecule has 0 unspecified atom stereocenters. The van der Waals surface area contributed by atoms with Gasteiger partial charge in [-0.05, 0) is 0 Å². The van der Waals surface area contributed by atoms with Crippen LogP contribution in [0, 0.1) is 0 Å². The van der Waals surface area contributed by atoms with E-state index in [2.05, 4.69) is 0 Å². The molecule has 0 atom stereocenters. The van der Waals surface area contributed by atoms with Crippen molar-refractivity contribution in [2.24, 2.45) is 0 Å². The Labute approximate surface area is 116 Å². The summed E-state index contributed by atoms with van der Waals surface area (Å²) in [5, 5.41) is -0.116. The van der Waals surface area contributed by atoms with E-state index in [1.807, 2.05) is 0 Å². The molecule has 0 bridgehead atoms. The van der Waals surface area contributed by atoms with E-state index >= 15 is 0 Å². The van der Waals surface area contributed by atoms with Crippen LogP contribution in [0.3, 0.4) is 0 Å². The Morgan fingerprint density at radius 3 is 2.61 bits per heavy atom. The van der Waals surface area contributed by atoms with Gasteiger partial charge in [-0.15, -0.1) is 0 Å². The van der Waals surface area contributed by atoms with Gasteiger partial charge < -0.3 is 0 Å². The summed E-state index contributed by atoms with van der Waals surface area (Å²) in [6.07, 6.45) is -3.39. The van der Waals surface area contributed by atoms with Gasteiger partial charge >= 0.3 is 116 Å². The number of halogens is 6. The summed E-state index contributed by atoms with van der Waals surface area (Å²) in [4.78, 5) is 0. The number of hydrogen-bond donors (Lipinski definition) is 0. The Bertz CT molecular complexity index is 521. The molecule has 0 amide bonds. The summed E-state index contributed by atoms with van der Waals surface area (Å²) < 4.78 is 44.8. The molecule has 1 aromatic heterocycles. The van der Waals surface area contributed by atoms with Crippen molar-refractivity contribution >= 4 is 41.2 Å². The number of rotatable bonds is 1. The van der Waals surface area contributed by atoms with Crippen molar-refractivity contribution in [3.63, 3.8) is 0 Å². The van der Waals surface area contributed by atoms with E-state index in [0.29, 0.717) is 0 Å². The Morgan fingerprint density at radius 2 is 2.11 bits per heavy atom. The number of hydrogen-bond acceptors (Lipinski definition) is 1. The van der Waals surface area contributed by atoms with Gasteiger partial charge in [0.2, 0.25) is 0 Å². The first-order valence-electron chi connectivity index (χ1n) is 4.99. The minimum absolute atomic E-state index is 0.0565. The van der Waals surface area contributed by atoms with Crippen LogP contribution in [0.25, 0.3) is 0 Å². The summed E-state index contributed by atoms with van der Waals surface area (Å²) >= 11 is 18.0. The van der Waals surface area contributed by atoms with Crippen molar-refractivity contribution in [3.8, 4) is 5.88 Å². The molecule has 0 saturated heterocycles. The number of alkyl halides is 4. The predicted molar refractivity (Wildman–Crippen MR) is 65.5 cm³/mol. The zero-order chi connectivity index (χ0) is 13.8. The molecule has 0 radical (unpaired) electrons. The second-order valence-corrected chi connectivity index (χ2v) is 13.9. The van der Waals surface area contributed by atoms with Crippen LogP contribution in [0.4, 0.5) is 13.2 Å². The molecule has 102 valence electrons. The van der Waals surface area contributed by atoms with Gasteiger partial charge in [0.05, 0.1) is 0 Å². The van der Waals surface area contributed by atoms with Gasteiger partial charge in [0, 0.05) is 0 Å². The summed E-state index contributed by atoms with van der Waals surface area (Å²) in [6.45, 7) is -1.80. The van der Waals surface area contributed by atoms with Gasteiger partial charge in [-0.3, -0.25) is 0 Å². The van der Waals surface area contributed by atoms with Crippen molar-refractivity contribution in [3.05, 3.63) is 22.8 Å². The van der Waals surface area contributed by atoms with Crippen LogP contribution in [0.5, 0.6) is 5.88 Å². The van der Waals surface area contributed by atoms with Gasteiger partial charge in [-0.2, -0.15) is 0 Å². The fourth-order valence-corrected chi connectivity index (χ4v) is 5.18. The van der Waals surface area contributed by atoms with Crippen molar-refractivity contribution in [2.75, 3.05) is 5.50 Å². The van der Waals surface area contributed by atoms with Crippen molar-refractivity contribution in [1.82, 2.24) is 0 Å². The quantitative estimate of drug-likeness (QED) is 0.330. The molecule has 0 aliphatic carbocycles. The second-order valence-electron chi connectivity index (χ2n) is 4.73. The number of nitrogens with zero attached hydrogens (tertiary/aromatic N) is 1. The molecule has 2 heterocycles. The zero-order valence-corrected chi connectivity index (χ0v) is 12.5. The molecule has 1 aromatic rings. The molecule has 0 aromatic carbocycles. The first-order valence-corrected chi connectivity index (χ1v) is 10.2. The van der Waals surface area contributed by atoms with Gasteiger partial charge in [-0.25, -0.2) is 0 Å². The zero-order valence-electron chi connectivity index (χ0n) is 9.19. The van der Waals surface area contributed by atoms with Gasteiger partial charge in [0.1, 0.15) is 0 Å². The maximum atomic E-state index is 12.6. The molecule has 0 fully saturated rings. The third kappa shape index (κ3) is 2.43. The molecule has 0 saturated carbocycles. The van der Waals surface area contributed by atoms with Crippen molar-refractivity contribution in [2.45, 2.75) is 18.9 Å². The molecule has 18 heavy (non-hydrogen) atoms. The standard InChI is InChI=1S/C9H9Cl3F3NOSi/c1-18(12,4-10)5-16-3-6(9(13,14)15)2-7(11)8(16)17-18/h2-3H,4-5H2,1H3. The van der Waals surface area contributed by atoms with E-state index in [9.17, 15) is 13.2 Å². The Balaban J connectivity index is 2.52. The van der Waals surface area contributed by atoms with Crippen LogP contribution in [-0.2, 0) is 12.3 Å². The predicted octanol–water partition coefficient (Wildman–Crippen LogP) is 3.62. The van der Waals surface area contributed by atoms with Crippen LogP contribution in [0.15, 0.2) is 12.3 Å². The number of fused-ring (bicyclic) bond motifs is 1. The van der Waals surface area contributed by atoms with E-state index in [4.69, 9.17) is 38.7 Å². The third-order valence-electron chi connectivity index (χ3n) is 2.65. The monoisotopic (exact) mass is 337 g/mol. The van der Waals surface area contributed by atoms with Crippen molar-refractivity contribution < 1.29 is 22.2 Å². The molecule has 0 spiro atoms. The molecule has 1 aliphatic heterocycles. The average molecular weight is 339 g/mol. The van der Waals surface area contributed by atoms with E-state index in [-0.39, 0.29) is 22.6 Å². The van der Waals surface area contributed by atoms with E-state index in [0.717, 1.165) is 12.3 Å². The van der Waals surface area contributed by atoms with Gasteiger partial charge in [0.15, 0.2) is 0 Å². The summed E-state index contributed by atoms with van der Waals surface area (Å²) in [7, 11) is 0. The van der Waals surface area contributed by atoms with Gasteiger partial charge in [0.25, 0.3) is 0 Å². The summed E-state index contributed by atoms with van der Waals surface area (Å²) in [6, 6.07) is 0.824. The van der Waals surface area contributed by atoms with Crippen LogP contribution >= 0.6 is 34.3 Å². The Kier molecular flexibility index (Phi) is 3.09. The number of pyridine rings is 1. The summed E-state index contributed by atoms with van der Waals surface area (Å²) in [5.41, 5.74) is -0.781. The molecular formula is C9H9Cl3F3NOSi. The Hall–Kier alpha value is -0.173. The molecular weight excluding hydrogens is 330 g/mol. The molecule has 1 aliphatic rings. The average Bonchev–Trinajstić information content (AvgIpc) is 2.51. The molecule has 0 N–H and O–H groups in total. The fourth-order valence-electron chi connectivity index (χ4n) is 1.78. The molecule has 2 rings (SSSR count). The minimum atomic E-state index is -4.46. The van der Waals surface area contributed by atoms with E-state index in [1.165, 1.54) is 4.57 Å². The maximum absolute atomic E-state index is 12.6. The van der Waals surface area contributed by atoms with E-state index in [1.54, 1.807) is 6.55 Å². The fraction of sp³-hybridized carbons (Fsp3) is 0.444. The first-order chi connectivity index (χ1) is 8.03. The van der Waals surface area contributed by atoms with Crippen molar-refractivity contribution in [1.29, 1.82) is 0 Å². The molecule has 9 heteroatoms. The SMILES string of the molecule is C[Si-]1(Cl)(CCl)C[n+]2cc(C(F)(F)F)cc(Cl)c2O1. The van der Waals surface area contributed by atoms with Gasteiger partial charge in [-0.1, -0.05) is 0 Å². The third-order valence-corrected chi connectivity index (χ3v) is 8.98. The summed E-state index contributed by atoms with van der Waals surface area (Å²) in [5.74, 6) is 0.149. The Morgan fingerprint density at radius 1 is 1.50 bits per heavy atom. The van der Waals surface area contributed by atoms with E-state index < -0.39 is 18.6 Å². The van der Waals surface area contributed by atoms with Crippen LogP contribution in [-0.4, -0.2) is 12.4 Å². The molecule has 2 nitrogen and oxygen atoms in total. The normalized spacial score (nSPS) is 22.7. The second kappa shape index (κ2) is 3.91.